The van der Waals surface area contributed by atoms with Gasteiger partial charge >= 0.3 is 0 Å². The van der Waals surface area contributed by atoms with Crippen LogP contribution in [0.2, 0.25) is 0 Å². The number of anilines is 1. The van der Waals surface area contributed by atoms with Crippen LogP contribution in [0, 0.1) is 21.4 Å². The van der Waals surface area contributed by atoms with Crippen molar-refractivity contribution in [2.45, 2.75) is 12.8 Å². The Bertz CT molecular complexity index is 384. The molecule has 1 N–H and O–H groups in total. The summed E-state index contributed by atoms with van der Waals surface area (Å²) in [6.07, 6.45) is 1.22. The zero-order valence-corrected chi connectivity index (χ0v) is 8.14. The molecule has 0 amide bonds. The second kappa shape index (κ2) is 5.60. The number of nitrogens with one attached hydrogen (secondary N) is 1. The second-order valence-electron chi connectivity index (χ2n) is 3.00. The number of hydrogen-bond donors (Lipinski definition) is 1. The Morgan fingerprint density at radius 1 is 1.53 bits per heavy atom. The van der Waals surface area contributed by atoms with Gasteiger partial charge in [-0.15, -0.1) is 0 Å². The van der Waals surface area contributed by atoms with Gasteiger partial charge in [0.1, 0.15) is 0 Å². The zero-order chi connectivity index (χ0) is 11.1. The van der Waals surface area contributed by atoms with E-state index in [0.717, 1.165) is 6.42 Å². The number of non-ortho nitro benzene ring substituents is 1. The maximum atomic E-state index is 10.5. The van der Waals surface area contributed by atoms with Crippen molar-refractivity contribution in [2.24, 2.45) is 0 Å². The topological polar surface area (TPSA) is 79.0 Å². The summed E-state index contributed by atoms with van der Waals surface area (Å²) in [5.41, 5.74) is 0.780. The Balaban J connectivity index is 2.51. The van der Waals surface area contributed by atoms with E-state index in [1.807, 2.05) is 6.07 Å². The van der Waals surface area contributed by atoms with E-state index in [0.29, 0.717) is 18.7 Å². The van der Waals surface area contributed by atoms with Gasteiger partial charge in [0.25, 0.3) is 5.69 Å². The van der Waals surface area contributed by atoms with E-state index >= 15 is 0 Å². The summed E-state index contributed by atoms with van der Waals surface area (Å²) in [5.74, 6) is 0. The monoisotopic (exact) mass is 205 g/mol. The number of nitrogens with zero attached hydrogens (tertiary/aromatic N) is 2. The Morgan fingerprint density at radius 3 is 3.00 bits per heavy atom. The molecule has 5 heteroatoms. The smallest absolute Gasteiger partial charge is 0.271 e. The molecule has 0 radical (unpaired) electrons. The molecule has 0 spiro atoms. The molecule has 1 aromatic carbocycles. The molecule has 15 heavy (non-hydrogen) atoms. The highest BCUT2D eigenvalue weighted by atomic mass is 16.6. The fraction of sp³-hybridized carbons (Fsp3) is 0.300. The first kappa shape index (κ1) is 11.0. The van der Waals surface area contributed by atoms with Gasteiger partial charge in [-0.2, -0.15) is 5.26 Å². The Labute approximate surface area is 87.5 Å². The Morgan fingerprint density at radius 2 is 2.33 bits per heavy atom. The fourth-order valence-corrected chi connectivity index (χ4v) is 1.13. The predicted molar refractivity (Wildman–Crippen MR) is 56.4 cm³/mol. The molecule has 5 nitrogen and oxygen atoms in total. The van der Waals surface area contributed by atoms with E-state index in [1.54, 1.807) is 12.1 Å². The first-order valence-corrected chi connectivity index (χ1v) is 4.59. The largest absolute Gasteiger partial charge is 0.385 e. The van der Waals surface area contributed by atoms with Gasteiger partial charge in [-0.3, -0.25) is 10.1 Å². The van der Waals surface area contributed by atoms with E-state index in [1.165, 1.54) is 12.1 Å². The van der Waals surface area contributed by atoms with Crippen LogP contribution in [0.25, 0.3) is 0 Å². The van der Waals surface area contributed by atoms with Crippen molar-refractivity contribution < 1.29 is 4.92 Å². The fourth-order valence-electron chi connectivity index (χ4n) is 1.13. The lowest BCUT2D eigenvalue weighted by Gasteiger charge is -2.03. The quantitative estimate of drug-likeness (QED) is 0.454. The molecular formula is C10H11N3O2. The number of unbranched alkanes of at least 4 members (excludes halogenated alkanes) is 1. The summed E-state index contributed by atoms with van der Waals surface area (Å²) in [4.78, 5) is 10.0. The number of rotatable bonds is 5. The summed E-state index contributed by atoms with van der Waals surface area (Å²) in [6, 6.07) is 8.35. The third kappa shape index (κ3) is 3.65. The van der Waals surface area contributed by atoms with E-state index in [-0.39, 0.29) is 5.69 Å². The summed E-state index contributed by atoms with van der Waals surface area (Å²) >= 11 is 0. The normalized spacial score (nSPS) is 9.27. The van der Waals surface area contributed by atoms with Gasteiger partial charge in [-0.1, -0.05) is 6.07 Å². The molecule has 0 saturated heterocycles. The minimum Gasteiger partial charge on any atom is -0.385 e. The minimum atomic E-state index is -0.430. The number of nitriles is 1. The minimum absolute atomic E-state index is 0.0697. The van der Waals surface area contributed by atoms with Gasteiger partial charge in [-0.05, 0) is 12.5 Å². The molecule has 1 aromatic rings. The van der Waals surface area contributed by atoms with Gasteiger partial charge in [0.15, 0.2) is 0 Å². The predicted octanol–water partition coefficient (Wildman–Crippen LogP) is 2.31. The molecule has 0 aliphatic rings. The molecule has 0 fully saturated rings. The van der Waals surface area contributed by atoms with Crippen LogP contribution < -0.4 is 5.32 Å². The van der Waals surface area contributed by atoms with Gasteiger partial charge in [0.05, 0.1) is 11.0 Å². The van der Waals surface area contributed by atoms with Gasteiger partial charge < -0.3 is 5.32 Å². The number of nitro groups is 1. The zero-order valence-electron chi connectivity index (χ0n) is 8.14. The standard InChI is InChI=1S/C10H11N3O2/c11-6-1-2-7-12-9-4-3-5-10(8-9)13(14)15/h3-5,8,12H,1-2,7H2. The molecule has 0 unspecified atom stereocenters. The SMILES string of the molecule is N#CCCCNc1cccc([N+](=O)[O-])c1. The third-order valence-electron chi connectivity index (χ3n) is 1.85. The third-order valence-corrected chi connectivity index (χ3v) is 1.85. The van der Waals surface area contributed by atoms with E-state index in [4.69, 9.17) is 5.26 Å². The van der Waals surface area contributed by atoms with Crippen LogP contribution in [0.5, 0.6) is 0 Å². The van der Waals surface area contributed by atoms with Gasteiger partial charge in [0, 0.05) is 30.8 Å². The Hall–Kier alpha value is -2.09. The molecule has 78 valence electrons. The first-order chi connectivity index (χ1) is 7.24. The van der Waals surface area contributed by atoms with Crippen LogP contribution in [0.15, 0.2) is 24.3 Å². The van der Waals surface area contributed by atoms with Crippen molar-refractivity contribution >= 4 is 11.4 Å². The van der Waals surface area contributed by atoms with Gasteiger partial charge in [-0.25, -0.2) is 0 Å². The number of hydrogen-bond acceptors (Lipinski definition) is 4. The molecule has 0 atom stereocenters. The maximum Gasteiger partial charge on any atom is 0.271 e. The molecule has 0 saturated carbocycles. The van der Waals surface area contributed by atoms with Crippen LogP contribution >= 0.6 is 0 Å². The van der Waals surface area contributed by atoms with Crippen LogP contribution in [-0.2, 0) is 0 Å². The van der Waals surface area contributed by atoms with Crippen molar-refractivity contribution in [3.05, 3.63) is 34.4 Å². The molecule has 1 rings (SSSR count). The first-order valence-electron chi connectivity index (χ1n) is 4.59. The van der Waals surface area contributed by atoms with Crippen LogP contribution in [0.1, 0.15) is 12.8 Å². The lowest BCUT2D eigenvalue weighted by atomic mass is 10.2. The lowest BCUT2D eigenvalue weighted by Crippen LogP contribution is -2.01. The number of nitro benzene ring substituents is 1. The molecule has 0 bridgehead atoms. The molecular weight excluding hydrogens is 194 g/mol. The number of benzene rings is 1. The highest BCUT2D eigenvalue weighted by Gasteiger charge is 2.04. The summed E-state index contributed by atoms with van der Waals surface area (Å²) in [7, 11) is 0. The van der Waals surface area contributed by atoms with Crippen LogP contribution in [-0.4, -0.2) is 11.5 Å². The molecule has 0 aromatic heterocycles. The second-order valence-corrected chi connectivity index (χ2v) is 3.00. The average Bonchev–Trinajstić information content (AvgIpc) is 2.25. The van der Waals surface area contributed by atoms with Crippen molar-refractivity contribution in [1.82, 2.24) is 0 Å². The van der Waals surface area contributed by atoms with E-state index in [2.05, 4.69) is 5.32 Å². The highest BCUT2D eigenvalue weighted by molar-refractivity contribution is 5.50. The molecule has 0 aliphatic carbocycles. The Kier molecular flexibility index (Phi) is 4.10. The van der Waals surface area contributed by atoms with Gasteiger partial charge in [0.2, 0.25) is 0 Å². The maximum absolute atomic E-state index is 10.5. The lowest BCUT2D eigenvalue weighted by molar-refractivity contribution is -0.384. The van der Waals surface area contributed by atoms with Crippen molar-refractivity contribution in [3.63, 3.8) is 0 Å². The van der Waals surface area contributed by atoms with E-state index in [9.17, 15) is 10.1 Å². The van der Waals surface area contributed by atoms with Crippen molar-refractivity contribution in [1.29, 1.82) is 5.26 Å². The summed E-state index contributed by atoms with van der Waals surface area (Å²) < 4.78 is 0. The van der Waals surface area contributed by atoms with E-state index < -0.39 is 4.92 Å². The molecule has 0 heterocycles. The van der Waals surface area contributed by atoms with Crippen LogP contribution in [0.3, 0.4) is 0 Å². The van der Waals surface area contributed by atoms with Crippen molar-refractivity contribution in [3.8, 4) is 6.07 Å². The molecule has 0 aliphatic heterocycles. The van der Waals surface area contributed by atoms with Crippen LogP contribution in [0.4, 0.5) is 11.4 Å². The highest BCUT2D eigenvalue weighted by Crippen LogP contribution is 2.16. The summed E-state index contributed by atoms with van der Waals surface area (Å²) in [5, 5.41) is 21.8. The average molecular weight is 205 g/mol. The van der Waals surface area contributed by atoms with Crippen molar-refractivity contribution in [2.75, 3.05) is 11.9 Å². The summed E-state index contributed by atoms with van der Waals surface area (Å²) in [6.45, 7) is 0.648.